The second-order valence-electron chi connectivity index (χ2n) is 6.82. The van der Waals surface area contributed by atoms with Crippen LogP contribution in [0.15, 0.2) is 42.5 Å². The number of carbonyl (C=O) groups excluding carboxylic acids is 2. The first kappa shape index (κ1) is 18.7. The summed E-state index contributed by atoms with van der Waals surface area (Å²) < 4.78 is 10.8. The number of hydrogen-bond donors (Lipinski definition) is 1. The molecule has 1 atom stereocenters. The molecule has 0 radical (unpaired) electrons. The van der Waals surface area contributed by atoms with E-state index in [2.05, 4.69) is 5.32 Å². The number of anilines is 2. The zero-order valence-corrected chi connectivity index (χ0v) is 16.6. The number of thioether (sulfide) groups is 1. The van der Waals surface area contributed by atoms with Crippen molar-refractivity contribution in [3.05, 3.63) is 48.0 Å². The van der Waals surface area contributed by atoms with Gasteiger partial charge in [0.25, 0.3) is 0 Å². The minimum absolute atomic E-state index is 0.00166. The molecular formula is C21H22N2O4S. The smallest absolute Gasteiger partial charge is 0.238 e. The van der Waals surface area contributed by atoms with Crippen LogP contribution in [0.5, 0.6) is 11.5 Å². The molecule has 2 aromatic carbocycles. The molecule has 2 aromatic rings. The normalized spacial score (nSPS) is 18.9. The van der Waals surface area contributed by atoms with Gasteiger partial charge in [-0.15, -0.1) is 11.8 Å². The van der Waals surface area contributed by atoms with Crippen LogP contribution in [0.3, 0.4) is 0 Å². The molecule has 1 aliphatic carbocycles. The van der Waals surface area contributed by atoms with Crippen molar-refractivity contribution in [3.8, 4) is 11.5 Å². The molecule has 0 aromatic heterocycles. The number of hydrogen-bond acceptors (Lipinski definition) is 5. The molecule has 4 rings (SSSR count). The minimum Gasteiger partial charge on any atom is -0.497 e. The lowest BCUT2D eigenvalue weighted by Crippen LogP contribution is -2.29. The van der Waals surface area contributed by atoms with Crippen LogP contribution in [0.1, 0.15) is 23.8 Å². The zero-order valence-electron chi connectivity index (χ0n) is 15.8. The van der Waals surface area contributed by atoms with Crippen molar-refractivity contribution in [2.75, 3.05) is 30.2 Å². The number of rotatable bonds is 6. The maximum absolute atomic E-state index is 12.8. The van der Waals surface area contributed by atoms with Gasteiger partial charge in [-0.05, 0) is 31.0 Å². The summed E-state index contributed by atoms with van der Waals surface area (Å²) in [5, 5.41) is 2.80. The lowest BCUT2D eigenvalue weighted by molar-refractivity contribution is -0.117. The lowest BCUT2D eigenvalue weighted by Gasteiger charge is -2.27. The summed E-state index contributed by atoms with van der Waals surface area (Å²) >= 11 is 1.54. The first-order valence-corrected chi connectivity index (χ1v) is 10.2. The Morgan fingerprint density at radius 1 is 1.14 bits per heavy atom. The number of ether oxygens (including phenoxy) is 2. The van der Waals surface area contributed by atoms with E-state index in [9.17, 15) is 9.59 Å². The fourth-order valence-electron chi connectivity index (χ4n) is 3.31. The van der Waals surface area contributed by atoms with Crippen molar-refractivity contribution in [3.63, 3.8) is 0 Å². The van der Waals surface area contributed by atoms with E-state index < -0.39 is 0 Å². The van der Waals surface area contributed by atoms with Gasteiger partial charge in [0, 0.05) is 23.2 Å². The Kier molecular flexibility index (Phi) is 5.17. The molecule has 2 fully saturated rings. The number of para-hydroxylation sites is 1. The summed E-state index contributed by atoms with van der Waals surface area (Å²) in [6, 6.07) is 13.1. The number of nitrogens with one attached hydrogen (secondary N) is 1. The van der Waals surface area contributed by atoms with Crippen molar-refractivity contribution in [2.24, 2.45) is 5.92 Å². The summed E-state index contributed by atoms with van der Waals surface area (Å²) in [5.41, 5.74) is 2.35. The Balaban J connectivity index is 1.70. The van der Waals surface area contributed by atoms with Crippen LogP contribution in [0.4, 0.5) is 11.4 Å². The van der Waals surface area contributed by atoms with E-state index >= 15 is 0 Å². The SMILES string of the molecule is COc1ccc(N2C(=O)CSC2c2ccccc2NC(=O)C2CC2)c(OC)c1. The van der Waals surface area contributed by atoms with Gasteiger partial charge < -0.3 is 14.8 Å². The molecule has 1 saturated carbocycles. The van der Waals surface area contributed by atoms with Crippen LogP contribution in [-0.2, 0) is 9.59 Å². The average molecular weight is 398 g/mol. The van der Waals surface area contributed by atoms with Gasteiger partial charge in [-0.1, -0.05) is 18.2 Å². The quantitative estimate of drug-likeness (QED) is 0.801. The number of nitrogens with zero attached hydrogens (tertiary/aromatic N) is 1. The molecule has 1 saturated heterocycles. The van der Waals surface area contributed by atoms with Gasteiger partial charge in [-0.25, -0.2) is 0 Å². The molecule has 28 heavy (non-hydrogen) atoms. The summed E-state index contributed by atoms with van der Waals surface area (Å²) in [4.78, 5) is 26.8. The number of amides is 2. The third-order valence-electron chi connectivity index (χ3n) is 4.95. The lowest BCUT2D eigenvalue weighted by atomic mass is 10.1. The fourth-order valence-corrected chi connectivity index (χ4v) is 4.51. The summed E-state index contributed by atoms with van der Waals surface area (Å²) in [7, 11) is 3.16. The monoisotopic (exact) mass is 398 g/mol. The zero-order chi connectivity index (χ0) is 19.7. The van der Waals surface area contributed by atoms with Crippen LogP contribution in [0.2, 0.25) is 0 Å². The van der Waals surface area contributed by atoms with Gasteiger partial charge in [0.15, 0.2) is 0 Å². The van der Waals surface area contributed by atoms with E-state index in [-0.39, 0.29) is 23.1 Å². The van der Waals surface area contributed by atoms with Crippen molar-refractivity contribution >= 4 is 35.0 Å². The Hall–Kier alpha value is -2.67. The largest absolute Gasteiger partial charge is 0.497 e. The maximum atomic E-state index is 12.8. The van der Waals surface area contributed by atoms with Gasteiger partial charge in [0.05, 0.1) is 25.7 Å². The highest BCUT2D eigenvalue weighted by atomic mass is 32.2. The van der Waals surface area contributed by atoms with E-state index in [4.69, 9.17) is 9.47 Å². The molecule has 1 N–H and O–H groups in total. The Labute approximate surface area is 168 Å². The molecule has 2 amide bonds. The molecule has 1 aliphatic heterocycles. The summed E-state index contributed by atoms with van der Waals surface area (Å²) in [6.45, 7) is 0. The highest BCUT2D eigenvalue weighted by Gasteiger charge is 2.37. The second kappa shape index (κ2) is 7.75. The molecule has 7 heteroatoms. The minimum atomic E-state index is -0.245. The molecule has 2 aliphatic rings. The van der Waals surface area contributed by atoms with Crippen molar-refractivity contribution in [2.45, 2.75) is 18.2 Å². The highest BCUT2D eigenvalue weighted by Crippen LogP contribution is 2.47. The molecule has 0 spiro atoms. The van der Waals surface area contributed by atoms with Gasteiger partial charge in [-0.2, -0.15) is 0 Å². The van der Waals surface area contributed by atoms with Crippen LogP contribution in [0.25, 0.3) is 0 Å². The summed E-state index contributed by atoms with van der Waals surface area (Å²) in [6.07, 6.45) is 1.89. The number of carbonyl (C=O) groups is 2. The van der Waals surface area contributed by atoms with Crippen molar-refractivity contribution < 1.29 is 19.1 Å². The van der Waals surface area contributed by atoms with E-state index in [1.54, 1.807) is 25.2 Å². The Morgan fingerprint density at radius 2 is 1.93 bits per heavy atom. The van der Waals surface area contributed by atoms with E-state index in [0.29, 0.717) is 22.9 Å². The van der Waals surface area contributed by atoms with Crippen LogP contribution in [-0.4, -0.2) is 31.8 Å². The predicted octanol–water partition coefficient (Wildman–Crippen LogP) is 3.83. The highest BCUT2D eigenvalue weighted by molar-refractivity contribution is 8.00. The van der Waals surface area contributed by atoms with E-state index in [0.717, 1.165) is 24.1 Å². The van der Waals surface area contributed by atoms with Gasteiger partial charge in [0.1, 0.15) is 16.9 Å². The first-order valence-electron chi connectivity index (χ1n) is 9.18. The fraction of sp³-hybridized carbons (Fsp3) is 0.333. The number of methoxy groups -OCH3 is 2. The molecule has 6 nitrogen and oxygen atoms in total. The third kappa shape index (κ3) is 3.54. The Morgan fingerprint density at radius 3 is 2.64 bits per heavy atom. The van der Waals surface area contributed by atoms with E-state index in [1.165, 1.54) is 11.8 Å². The van der Waals surface area contributed by atoms with Crippen LogP contribution >= 0.6 is 11.8 Å². The van der Waals surface area contributed by atoms with Gasteiger partial charge in [-0.3, -0.25) is 14.5 Å². The third-order valence-corrected chi connectivity index (χ3v) is 6.14. The first-order chi connectivity index (χ1) is 13.6. The summed E-state index contributed by atoms with van der Waals surface area (Å²) in [5.74, 6) is 1.76. The van der Waals surface area contributed by atoms with Crippen molar-refractivity contribution in [1.29, 1.82) is 0 Å². The van der Waals surface area contributed by atoms with E-state index in [1.807, 2.05) is 36.4 Å². The van der Waals surface area contributed by atoms with Gasteiger partial charge in [0.2, 0.25) is 11.8 Å². The molecule has 0 bridgehead atoms. The van der Waals surface area contributed by atoms with Gasteiger partial charge >= 0.3 is 0 Å². The maximum Gasteiger partial charge on any atom is 0.238 e. The molecule has 146 valence electrons. The topological polar surface area (TPSA) is 67.9 Å². The predicted molar refractivity (Wildman–Crippen MR) is 110 cm³/mol. The second-order valence-corrected chi connectivity index (χ2v) is 7.88. The average Bonchev–Trinajstić information content (AvgIpc) is 3.51. The standard InChI is InChI=1S/C21H22N2O4S/c1-26-14-9-10-17(18(11-14)27-2)23-19(24)12-28-21(23)15-5-3-4-6-16(15)22-20(25)13-7-8-13/h3-6,9-11,13,21H,7-8,12H2,1-2H3,(H,22,25). The number of benzene rings is 2. The molecule has 1 heterocycles. The van der Waals surface area contributed by atoms with Crippen LogP contribution in [0, 0.1) is 5.92 Å². The molecular weight excluding hydrogens is 376 g/mol. The molecule has 1 unspecified atom stereocenters. The van der Waals surface area contributed by atoms with Crippen molar-refractivity contribution in [1.82, 2.24) is 0 Å². The van der Waals surface area contributed by atoms with Crippen LogP contribution < -0.4 is 19.7 Å². The Bertz CT molecular complexity index is 913.